The Labute approximate surface area is 203 Å². The van der Waals surface area contributed by atoms with E-state index in [1.807, 2.05) is 0 Å². The molecule has 0 amide bonds. The molecule has 0 saturated carbocycles. The minimum absolute atomic E-state index is 0.236. The number of esters is 1. The van der Waals surface area contributed by atoms with Gasteiger partial charge in [0.15, 0.2) is 11.5 Å². The Morgan fingerprint density at radius 3 is 1.39 bits per heavy atom. The van der Waals surface area contributed by atoms with E-state index in [1.54, 1.807) is 0 Å². The quantitative estimate of drug-likeness (QED) is 0.102. The number of carbonyl (C=O) groups excluding carboxylic acids is 1. The lowest BCUT2D eigenvalue weighted by molar-refractivity contribution is 0.0497. The van der Waals surface area contributed by atoms with E-state index < -0.39 is 5.97 Å². The molecule has 33 heavy (non-hydrogen) atoms. The van der Waals surface area contributed by atoms with Gasteiger partial charge in [0, 0.05) is 0 Å². The first-order valence-electron chi connectivity index (χ1n) is 13.8. The van der Waals surface area contributed by atoms with Crippen molar-refractivity contribution in [2.24, 2.45) is 0 Å². The maximum absolute atomic E-state index is 11.9. The number of unbranched alkanes of at least 4 members (excludes halogenated alkanes) is 19. The Bertz CT molecular complexity index is 599. The van der Waals surface area contributed by atoms with Crippen molar-refractivity contribution < 1.29 is 19.7 Å². The smallest absolute Gasteiger partial charge is 0.338 e. The van der Waals surface area contributed by atoms with Gasteiger partial charge >= 0.3 is 5.97 Å². The lowest BCUT2D eigenvalue weighted by Crippen LogP contribution is -2.06. The first-order chi connectivity index (χ1) is 16.1. The molecule has 1 aromatic rings. The number of ether oxygens (including phenoxy) is 1. The molecule has 190 valence electrons. The highest BCUT2D eigenvalue weighted by Gasteiger charge is 2.09. The Balaban J connectivity index is 1.77. The van der Waals surface area contributed by atoms with Crippen molar-refractivity contribution in [3.8, 4) is 11.5 Å². The summed E-state index contributed by atoms with van der Waals surface area (Å²) in [7, 11) is 0. The molecule has 0 aliphatic heterocycles. The predicted molar refractivity (Wildman–Crippen MR) is 138 cm³/mol. The van der Waals surface area contributed by atoms with Crippen molar-refractivity contribution in [2.75, 3.05) is 6.61 Å². The Morgan fingerprint density at radius 1 is 0.606 bits per heavy atom. The second-order valence-electron chi connectivity index (χ2n) is 9.56. The van der Waals surface area contributed by atoms with E-state index in [0.29, 0.717) is 6.61 Å². The number of aromatic hydroxyl groups is 2. The minimum atomic E-state index is -0.455. The second kappa shape index (κ2) is 20.9. The minimum Gasteiger partial charge on any atom is -0.504 e. The van der Waals surface area contributed by atoms with E-state index in [0.717, 1.165) is 12.8 Å². The van der Waals surface area contributed by atoms with Crippen molar-refractivity contribution in [1.82, 2.24) is 0 Å². The van der Waals surface area contributed by atoms with Crippen LogP contribution in [0, 0.1) is 0 Å². The van der Waals surface area contributed by atoms with Crippen LogP contribution in [0.1, 0.15) is 146 Å². The van der Waals surface area contributed by atoms with Crippen LogP contribution in [0.25, 0.3) is 0 Å². The van der Waals surface area contributed by atoms with Crippen LogP contribution in [-0.4, -0.2) is 22.8 Å². The van der Waals surface area contributed by atoms with Gasteiger partial charge in [-0.05, 0) is 24.6 Å². The van der Waals surface area contributed by atoms with Crippen LogP contribution < -0.4 is 0 Å². The summed E-state index contributed by atoms with van der Waals surface area (Å²) in [5.74, 6) is -0.994. The third-order valence-electron chi connectivity index (χ3n) is 6.44. The van der Waals surface area contributed by atoms with Gasteiger partial charge < -0.3 is 14.9 Å². The summed E-state index contributed by atoms with van der Waals surface area (Å²) in [6, 6.07) is 3.98. The number of phenolic OH excluding ortho intramolecular Hbond substituents is 2. The first kappa shape index (κ1) is 29.3. The Kier molecular flexibility index (Phi) is 18.5. The Hall–Kier alpha value is -1.71. The van der Waals surface area contributed by atoms with Crippen molar-refractivity contribution in [3.05, 3.63) is 23.8 Å². The van der Waals surface area contributed by atoms with Crippen LogP contribution in [0.5, 0.6) is 11.5 Å². The van der Waals surface area contributed by atoms with E-state index in [1.165, 1.54) is 134 Å². The molecule has 1 aromatic carbocycles. The highest BCUT2D eigenvalue weighted by Crippen LogP contribution is 2.25. The average molecular weight is 463 g/mol. The van der Waals surface area contributed by atoms with E-state index in [9.17, 15) is 15.0 Å². The normalized spacial score (nSPS) is 11.1. The summed E-state index contributed by atoms with van der Waals surface area (Å²) >= 11 is 0. The molecule has 0 atom stereocenters. The van der Waals surface area contributed by atoms with Gasteiger partial charge in [0.25, 0.3) is 0 Å². The van der Waals surface area contributed by atoms with Gasteiger partial charge in [-0.15, -0.1) is 0 Å². The van der Waals surface area contributed by atoms with Crippen LogP contribution in [0.3, 0.4) is 0 Å². The summed E-state index contributed by atoms with van der Waals surface area (Å²) in [5.41, 5.74) is 0.262. The van der Waals surface area contributed by atoms with Crippen LogP contribution in [0.2, 0.25) is 0 Å². The molecule has 0 aliphatic rings. The van der Waals surface area contributed by atoms with Crippen LogP contribution in [0.4, 0.5) is 0 Å². The molecule has 0 unspecified atom stereocenters. The fourth-order valence-electron chi connectivity index (χ4n) is 4.26. The summed E-state index contributed by atoms with van der Waals surface area (Å²) in [5, 5.41) is 18.7. The molecule has 1 rings (SSSR count). The fourth-order valence-corrected chi connectivity index (χ4v) is 4.26. The molecule has 0 heterocycles. The SMILES string of the molecule is CCCCCCCCCCCCCCCCCCCCCCOC(=O)c1ccc(O)c(O)c1. The van der Waals surface area contributed by atoms with E-state index in [4.69, 9.17) is 4.74 Å². The predicted octanol–water partition coefficient (Wildman–Crippen LogP) is 9.08. The van der Waals surface area contributed by atoms with Gasteiger partial charge in [0.2, 0.25) is 0 Å². The zero-order chi connectivity index (χ0) is 24.0. The number of phenols is 2. The van der Waals surface area contributed by atoms with Crippen LogP contribution in [-0.2, 0) is 4.74 Å². The molecule has 0 aliphatic carbocycles. The summed E-state index contributed by atoms with van der Waals surface area (Å²) in [6.45, 7) is 2.68. The number of benzene rings is 1. The van der Waals surface area contributed by atoms with Gasteiger partial charge in [0.1, 0.15) is 0 Å². The summed E-state index contributed by atoms with van der Waals surface area (Å²) in [4.78, 5) is 11.9. The van der Waals surface area contributed by atoms with Crippen molar-refractivity contribution in [3.63, 3.8) is 0 Å². The molecular formula is C29H50O4. The second-order valence-corrected chi connectivity index (χ2v) is 9.56. The number of rotatable bonds is 22. The lowest BCUT2D eigenvalue weighted by Gasteiger charge is -2.06. The number of carbonyl (C=O) groups is 1. The monoisotopic (exact) mass is 462 g/mol. The molecular weight excluding hydrogens is 412 g/mol. The molecule has 0 bridgehead atoms. The topological polar surface area (TPSA) is 66.8 Å². The van der Waals surface area contributed by atoms with Crippen LogP contribution >= 0.6 is 0 Å². The standard InChI is InChI=1S/C29H50O4/c1-2-3-4-5-6-7-8-9-10-11-12-13-14-15-16-17-18-19-20-21-24-33-29(32)26-22-23-27(30)28(31)25-26/h22-23,25,30-31H,2-21,24H2,1H3. The molecule has 0 radical (unpaired) electrons. The van der Waals surface area contributed by atoms with Gasteiger partial charge in [-0.1, -0.05) is 129 Å². The largest absolute Gasteiger partial charge is 0.504 e. The molecule has 0 spiro atoms. The molecule has 2 N–H and O–H groups in total. The number of hydrogen-bond acceptors (Lipinski definition) is 4. The first-order valence-corrected chi connectivity index (χ1v) is 13.8. The van der Waals surface area contributed by atoms with Crippen LogP contribution in [0.15, 0.2) is 18.2 Å². The van der Waals surface area contributed by atoms with E-state index in [-0.39, 0.29) is 17.1 Å². The molecule has 4 nitrogen and oxygen atoms in total. The maximum atomic E-state index is 11.9. The van der Waals surface area contributed by atoms with Crippen molar-refractivity contribution >= 4 is 5.97 Å². The fraction of sp³-hybridized carbons (Fsp3) is 0.759. The lowest BCUT2D eigenvalue weighted by atomic mass is 10.0. The molecule has 0 saturated heterocycles. The highest BCUT2D eigenvalue weighted by atomic mass is 16.5. The zero-order valence-electron chi connectivity index (χ0n) is 21.3. The van der Waals surface area contributed by atoms with E-state index >= 15 is 0 Å². The van der Waals surface area contributed by atoms with Gasteiger partial charge in [0.05, 0.1) is 12.2 Å². The maximum Gasteiger partial charge on any atom is 0.338 e. The zero-order valence-corrected chi connectivity index (χ0v) is 21.3. The molecule has 4 heteroatoms. The van der Waals surface area contributed by atoms with Gasteiger partial charge in [-0.2, -0.15) is 0 Å². The third-order valence-corrected chi connectivity index (χ3v) is 6.44. The average Bonchev–Trinajstić information content (AvgIpc) is 2.81. The molecule has 0 aromatic heterocycles. The van der Waals surface area contributed by atoms with Gasteiger partial charge in [-0.3, -0.25) is 0 Å². The number of hydrogen-bond donors (Lipinski definition) is 2. The Morgan fingerprint density at radius 2 is 1.00 bits per heavy atom. The summed E-state index contributed by atoms with van der Waals surface area (Å²) in [6.07, 6.45) is 26.9. The van der Waals surface area contributed by atoms with Gasteiger partial charge in [-0.25, -0.2) is 4.79 Å². The van der Waals surface area contributed by atoms with E-state index in [2.05, 4.69) is 6.92 Å². The highest BCUT2D eigenvalue weighted by molar-refractivity contribution is 5.90. The molecule has 0 fully saturated rings. The third kappa shape index (κ3) is 16.5. The van der Waals surface area contributed by atoms with Crippen molar-refractivity contribution in [1.29, 1.82) is 0 Å². The summed E-state index contributed by atoms with van der Waals surface area (Å²) < 4.78 is 5.23. The van der Waals surface area contributed by atoms with Crippen molar-refractivity contribution in [2.45, 2.75) is 135 Å².